The van der Waals surface area contributed by atoms with E-state index < -0.39 is 22.0 Å². The van der Waals surface area contributed by atoms with Crippen molar-refractivity contribution < 1.29 is 18.3 Å². The Labute approximate surface area is 143 Å². The molecule has 0 spiro atoms. The molecule has 1 heterocycles. The predicted octanol–water partition coefficient (Wildman–Crippen LogP) is 2.16. The standard InChI is InChI=1S/C17H24N2O4S/c1-18(2)13-7-9-14(10-8-13)24(22,23)19-15-6-4-3-5-12(15)11-16(19)17(20)21/h7-10,12,15-16H,3-6,11H2,1-2H3,(H,20,21). The molecule has 1 N–H and O–H groups in total. The summed E-state index contributed by atoms with van der Waals surface area (Å²) in [5.74, 6) is -0.881. The number of carbonyl (C=O) groups is 1. The van der Waals surface area contributed by atoms with Crippen molar-refractivity contribution in [1.82, 2.24) is 4.31 Å². The van der Waals surface area contributed by atoms with Gasteiger partial charge in [-0.3, -0.25) is 4.79 Å². The van der Waals surface area contributed by atoms with Crippen LogP contribution in [0, 0.1) is 5.92 Å². The molecule has 1 aliphatic heterocycles. The van der Waals surface area contributed by atoms with Gasteiger partial charge in [0.25, 0.3) is 0 Å². The van der Waals surface area contributed by atoms with E-state index >= 15 is 0 Å². The number of carboxylic acid groups (broad SMARTS) is 1. The Morgan fingerprint density at radius 1 is 1.17 bits per heavy atom. The van der Waals surface area contributed by atoms with Gasteiger partial charge in [0, 0.05) is 25.8 Å². The van der Waals surface area contributed by atoms with Crippen molar-refractivity contribution >= 4 is 21.7 Å². The van der Waals surface area contributed by atoms with Gasteiger partial charge in [0.15, 0.2) is 0 Å². The third-order valence-corrected chi connectivity index (χ3v) is 7.19. The van der Waals surface area contributed by atoms with Gasteiger partial charge >= 0.3 is 5.97 Å². The molecule has 1 saturated carbocycles. The molecule has 7 heteroatoms. The van der Waals surface area contributed by atoms with Crippen LogP contribution in [0.15, 0.2) is 29.2 Å². The van der Waals surface area contributed by atoms with Gasteiger partial charge in [-0.15, -0.1) is 0 Å². The smallest absolute Gasteiger partial charge is 0.322 e. The number of nitrogens with zero attached hydrogens (tertiary/aromatic N) is 2. The molecule has 6 nitrogen and oxygen atoms in total. The first-order valence-electron chi connectivity index (χ1n) is 8.36. The fraction of sp³-hybridized carbons (Fsp3) is 0.588. The van der Waals surface area contributed by atoms with E-state index in [1.807, 2.05) is 19.0 Å². The summed E-state index contributed by atoms with van der Waals surface area (Å²) >= 11 is 0. The zero-order valence-electron chi connectivity index (χ0n) is 14.1. The number of sulfonamides is 1. The number of hydrogen-bond acceptors (Lipinski definition) is 4. The summed E-state index contributed by atoms with van der Waals surface area (Å²) in [6.45, 7) is 0. The number of carboxylic acids is 1. The second kappa shape index (κ2) is 6.37. The highest BCUT2D eigenvalue weighted by Gasteiger charge is 2.51. The van der Waals surface area contributed by atoms with Crippen LogP contribution in [0.1, 0.15) is 32.1 Å². The molecule has 0 radical (unpaired) electrons. The molecule has 1 aliphatic carbocycles. The Morgan fingerprint density at radius 2 is 1.79 bits per heavy atom. The van der Waals surface area contributed by atoms with Crippen molar-refractivity contribution in [2.45, 2.75) is 49.1 Å². The summed E-state index contributed by atoms with van der Waals surface area (Å²) in [6, 6.07) is 5.50. The lowest BCUT2D eigenvalue weighted by Crippen LogP contribution is -2.46. The normalized spacial score (nSPS) is 27.7. The zero-order valence-corrected chi connectivity index (χ0v) is 14.9. The van der Waals surface area contributed by atoms with Crippen molar-refractivity contribution in [3.8, 4) is 0 Å². The lowest BCUT2D eigenvalue weighted by Gasteiger charge is -2.32. The minimum atomic E-state index is -3.81. The summed E-state index contributed by atoms with van der Waals surface area (Å²) in [4.78, 5) is 13.7. The third kappa shape index (κ3) is 2.91. The van der Waals surface area contributed by atoms with E-state index in [4.69, 9.17) is 0 Å². The number of fused-ring (bicyclic) bond motifs is 1. The Balaban J connectivity index is 1.97. The monoisotopic (exact) mass is 352 g/mol. The van der Waals surface area contributed by atoms with Gasteiger partial charge in [-0.05, 0) is 49.4 Å². The van der Waals surface area contributed by atoms with Crippen molar-refractivity contribution in [2.75, 3.05) is 19.0 Å². The summed E-state index contributed by atoms with van der Waals surface area (Å²) in [5.41, 5.74) is 0.903. The lowest BCUT2D eigenvalue weighted by molar-refractivity contribution is -0.141. The van der Waals surface area contributed by atoms with Crippen molar-refractivity contribution in [2.24, 2.45) is 5.92 Å². The topological polar surface area (TPSA) is 77.9 Å². The Bertz CT molecular complexity index is 715. The molecular formula is C17H24N2O4S. The van der Waals surface area contributed by atoms with Crippen LogP contribution >= 0.6 is 0 Å². The first-order valence-corrected chi connectivity index (χ1v) is 9.80. The number of hydrogen-bond donors (Lipinski definition) is 1. The Kier molecular flexibility index (Phi) is 4.57. The molecule has 3 rings (SSSR count). The number of benzene rings is 1. The van der Waals surface area contributed by atoms with Crippen LogP contribution in [0.25, 0.3) is 0 Å². The van der Waals surface area contributed by atoms with Gasteiger partial charge in [-0.2, -0.15) is 4.31 Å². The number of rotatable bonds is 4. The summed E-state index contributed by atoms with van der Waals surface area (Å²) < 4.78 is 27.6. The molecule has 2 aliphatic rings. The molecule has 3 unspecified atom stereocenters. The van der Waals surface area contributed by atoms with Crippen LogP contribution in [-0.4, -0.2) is 50.0 Å². The number of anilines is 1. The number of aliphatic carboxylic acids is 1. The van der Waals surface area contributed by atoms with Crippen LogP contribution in [0.4, 0.5) is 5.69 Å². The maximum atomic E-state index is 13.1. The van der Waals surface area contributed by atoms with Crippen LogP contribution in [0.2, 0.25) is 0 Å². The fourth-order valence-corrected chi connectivity index (χ4v) is 5.88. The molecule has 3 atom stereocenters. The van der Waals surface area contributed by atoms with Gasteiger partial charge in [-0.1, -0.05) is 12.8 Å². The highest BCUT2D eigenvalue weighted by atomic mass is 32.2. The Morgan fingerprint density at radius 3 is 2.38 bits per heavy atom. The molecular weight excluding hydrogens is 328 g/mol. The predicted molar refractivity (Wildman–Crippen MR) is 91.6 cm³/mol. The average Bonchev–Trinajstić information content (AvgIpc) is 2.95. The summed E-state index contributed by atoms with van der Waals surface area (Å²) in [6.07, 6.45) is 4.11. The van der Waals surface area contributed by atoms with E-state index in [-0.39, 0.29) is 16.9 Å². The van der Waals surface area contributed by atoms with E-state index in [1.165, 1.54) is 4.31 Å². The molecule has 0 amide bonds. The molecule has 24 heavy (non-hydrogen) atoms. The van der Waals surface area contributed by atoms with Gasteiger partial charge in [0.05, 0.1) is 4.90 Å². The second-order valence-electron chi connectivity index (χ2n) is 6.92. The fourth-order valence-electron chi connectivity index (χ4n) is 4.01. The zero-order chi connectivity index (χ0) is 17.5. The minimum Gasteiger partial charge on any atom is -0.480 e. The summed E-state index contributed by atoms with van der Waals surface area (Å²) in [5, 5.41) is 9.55. The first kappa shape index (κ1) is 17.2. The maximum Gasteiger partial charge on any atom is 0.322 e. The lowest BCUT2D eigenvalue weighted by atomic mass is 9.85. The molecule has 0 bridgehead atoms. The van der Waals surface area contributed by atoms with Gasteiger partial charge in [0.1, 0.15) is 6.04 Å². The second-order valence-corrected chi connectivity index (χ2v) is 8.77. The van der Waals surface area contributed by atoms with Crippen LogP contribution in [0.3, 0.4) is 0 Å². The molecule has 1 saturated heterocycles. The SMILES string of the molecule is CN(C)c1ccc(S(=O)(=O)N2C(C(=O)O)CC3CCCCC32)cc1. The maximum absolute atomic E-state index is 13.1. The highest BCUT2D eigenvalue weighted by Crippen LogP contribution is 2.42. The van der Waals surface area contributed by atoms with Crippen LogP contribution in [-0.2, 0) is 14.8 Å². The molecule has 1 aromatic carbocycles. The van der Waals surface area contributed by atoms with E-state index in [2.05, 4.69) is 0 Å². The minimum absolute atomic E-state index is 0.163. The molecule has 132 valence electrons. The van der Waals surface area contributed by atoms with Gasteiger partial charge in [0.2, 0.25) is 10.0 Å². The third-order valence-electron chi connectivity index (χ3n) is 5.24. The van der Waals surface area contributed by atoms with Gasteiger partial charge < -0.3 is 10.0 Å². The van der Waals surface area contributed by atoms with Crippen molar-refractivity contribution in [1.29, 1.82) is 0 Å². The highest BCUT2D eigenvalue weighted by molar-refractivity contribution is 7.89. The van der Waals surface area contributed by atoms with E-state index in [1.54, 1.807) is 24.3 Å². The molecule has 0 aromatic heterocycles. The Hall–Kier alpha value is -1.60. The quantitative estimate of drug-likeness (QED) is 0.898. The van der Waals surface area contributed by atoms with Crippen LogP contribution in [0.5, 0.6) is 0 Å². The molecule has 1 aromatic rings. The van der Waals surface area contributed by atoms with Crippen molar-refractivity contribution in [3.63, 3.8) is 0 Å². The summed E-state index contributed by atoms with van der Waals surface area (Å²) in [7, 11) is -0.0398. The van der Waals surface area contributed by atoms with E-state index in [0.29, 0.717) is 6.42 Å². The van der Waals surface area contributed by atoms with E-state index in [0.717, 1.165) is 31.4 Å². The van der Waals surface area contributed by atoms with Crippen molar-refractivity contribution in [3.05, 3.63) is 24.3 Å². The van der Waals surface area contributed by atoms with Gasteiger partial charge in [-0.25, -0.2) is 8.42 Å². The largest absolute Gasteiger partial charge is 0.480 e. The molecule has 2 fully saturated rings. The average molecular weight is 352 g/mol. The first-order chi connectivity index (χ1) is 11.3. The van der Waals surface area contributed by atoms with Crippen LogP contribution < -0.4 is 4.90 Å². The van der Waals surface area contributed by atoms with E-state index in [9.17, 15) is 18.3 Å².